The first-order valence-electron chi connectivity index (χ1n) is 7.24. The molecule has 2 atom stereocenters. The van der Waals surface area contributed by atoms with Crippen LogP contribution in [0.5, 0.6) is 17.2 Å². The van der Waals surface area contributed by atoms with Gasteiger partial charge < -0.3 is 24.3 Å². The number of ether oxygens (including phenoxy) is 4. The molecule has 1 aliphatic carbocycles. The van der Waals surface area contributed by atoms with Crippen LogP contribution in [0.1, 0.15) is 17.9 Å². The van der Waals surface area contributed by atoms with Gasteiger partial charge in [-0.3, -0.25) is 0 Å². The first kappa shape index (κ1) is 15.9. The molecule has 118 valence electrons. The molecule has 5 heteroatoms. The van der Waals surface area contributed by atoms with Gasteiger partial charge in [0.25, 0.3) is 0 Å². The molecule has 1 aliphatic rings. The Morgan fingerprint density at radius 3 is 2.24 bits per heavy atom. The highest BCUT2D eigenvalue weighted by molar-refractivity contribution is 5.54. The molecule has 1 aromatic carbocycles. The maximum absolute atomic E-state index is 5.52. The molecule has 0 aromatic heterocycles. The van der Waals surface area contributed by atoms with E-state index in [0.29, 0.717) is 11.8 Å². The fourth-order valence-electron chi connectivity index (χ4n) is 2.69. The Labute approximate surface area is 126 Å². The van der Waals surface area contributed by atoms with E-state index in [-0.39, 0.29) is 0 Å². The molecular weight excluding hydrogens is 270 g/mol. The number of methoxy groups -OCH3 is 4. The third-order valence-corrected chi connectivity index (χ3v) is 3.94. The van der Waals surface area contributed by atoms with Crippen molar-refractivity contribution in [2.45, 2.75) is 12.3 Å². The molecule has 0 heterocycles. The molecule has 0 spiro atoms. The lowest BCUT2D eigenvalue weighted by Crippen LogP contribution is -2.21. The van der Waals surface area contributed by atoms with Crippen LogP contribution in [0.4, 0.5) is 0 Å². The van der Waals surface area contributed by atoms with Crippen molar-refractivity contribution in [2.75, 3.05) is 48.1 Å². The summed E-state index contributed by atoms with van der Waals surface area (Å²) < 4.78 is 21.4. The highest BCUT2D eigenvalue weighted by Gasteiger charge is 2.41. The van der Waals surface area contributed by atoms with Crippen molar-refractivity contribution in [3.8, 4) is 17.2 Å². The van der Waals surface area contributed by atoms with Crippen LogP contribution in [0.15, 0.2) is 12.1 Å². The second-order valence-corrected chi connectivity index (χ2v) is 5.24. The van der Waals surface area contributed by atoms with Crippen LogP contribution in [0.2, 0.25) is 0 Å². The average molecular weight is 295 g/mol. The Morgan fingerprint density at radius 1 is 1.05 bits per heavy atom. The van der Waals surface area contributed by atoms with Crippen molar-refractivity contribution in [1.29, 1.82) is 0 Å². The molecule has 2 unspecified atom stereocenters. The summed E-state index contributed by atoms with van der Waals surface area (Å²) in [4.78, 5) is 0. The van der Waals surface area contributed by atoms with Gasteiger partial charge >= 0.3 is 0 Å². The number of rotatable bonds is 9. The molecule has 5 nitrogen and oxygen atoms in total. The van der Waals surface area contributed by atoms with Gasteiger partial charge in [-0.25, -0.2) is 0 Å². The molecule has 1 saturated carbocycles. The predicted molar refractivity (Wildman–Crippen MR) is 81.7 cm³/mol. The molecular formula is C16H25NO4. The Hall–Kier alpha value is -1.46. The Bertz CT molecular complexity index is 439. The van der Waals surface area contributed by atoms with E-state index >= 15 is 0 Å². The van der Waals surface area contributed by atoms with E-state index in [1.807, 2.05) is 12.1 Å². The lowest BCUT2D eigenvalue weighted by Gasteiger charge is -2.15. The van der Waals surface area contributed by atoms with E-state index < -0.39 is 0 Å². The van der Waals surface area contributed by atoms with Crippen molar-refractivity contribution < 1.29 is 18.9 Å². The minimum Gasteiger partial charge on any atom is -0.496 e. The Kier molecular flexibility index (Phi) is 5.70. The largest absolute Gasteiger partial charge is 0.496 e. The normalized spacial score (nSPS) is 20.2. The quantitative estimate of drug-likeness (QED) is 0.707. The maximum atomic E-state index is 5.52. The maximum Gasteiger partial charge on any atom is 0.129 e. The predicted octanol–water partition coefficient (Wildman–Crippen LogP) is 2.05. The van der Waals surface area contributed by atoms with Gasteiger partial charge in [-0.2, -0.15) is 0 Å². The topological polar surface area (TPSA) is 49.0 Å². The molecule has 1 fully saturated rings. The minimum atomic E-state index is 0.482. The minimum absolute atomic E-state index is 0.482. The zero-order chi connectivity index (χ0) is 15.2. The second-order valence-electron chi connectivity index (χ2n) is 5.24. The van der Waals surface area contributed by atoms with Crippen LogP contribution < -0.4 is 19.5 Å². The van der Waals surface area contributed by atoms with Crippen molar-refractivity contribution in [3.05, 3.63) is 17.7 Å². The van der Waals surface area contributed by atoms with Crippen LogP contribution in [-0.2, 0) is 4.74 Å². The lowest BCUT2D eigenvalue weighted by molar-refractivity contribution is 0.199. The van der Waals surface area contributed by atoms with Crippen LogP contribution in [0.25, 0.3) is 0 Å². The van der Waals surface area contributed by atoms with E-state index in [0.717, 1.165) is 48.9 Å². The molecule has 1 aromatic rings. The number of hydrogen-bond donors (Lipinski definition) is 1. The van der Waals surface area contributed by atoms with Crippen molar-refractivity contribution in [3.63, 3.8) is 0 Å². The monoisotopic (exact) mass is 295 g/mol. The van der Waals surface area contributed by atoms with Crippen molar-refractivity contribution in [1.82, 2.24) is 5.32 Å². The fraction of sp³-hybridized carbons (Fsp3) is 0.625. The number of benzene rings is 1. The van der Waals surface area contributed by atoms with Gasteiger partial charge in [0.15, 0.2) is 0 Å². The summed E-state index contributed by atoms with van der Waals surface area (Å²) in [5.74, 6) is 3.54. The first-order chi connectivity index (χ1) is 10.2. The third-order valence-electron chi connectivity index (χ3n) is 3.94. The molecule has 0 aliphatic heterocycles. The third kappa shape index (κ3) is 3.80. The smallest absolute Gasteiger partial charge is 0.129 e. The summed E-state index contributed by atoms with van der Waals surface area (Å²) in [6.45, 7) is 2.62. The van der Waals surface area contributed by atoms with Gasteiger partial charge in [-0.1, -0.05) is 0 Å². The van der Waals surface area contributed by atoms with E-state index in [4.69, 9.17) is 18.9 Å². The molecule has 2 rings (SSSR count). The van der Waals surface area contributed by atoms with Crippen LogP contribution in [0, 0.1) is 5.92 Å². The Balaban J connectivity index is 2.06. The van der Waals surface area contributed by atoms with E-state index in [1.54, 1.807) is 28.4 Å². The summed E-state index contributed by atoms with van der Waals surface area (Å²) in [5.41, 5.74) is 1.15. The summed E-state index contributed by atoms with van der Waals surface area (Å²) in [6, 6.07) is 3.84. The standard InChI is InChI=1S/C16H25NO4/c1-18-6-5-17-10-11-7-13(11)16-14(20-3)8-12(19-2)9-15(16)21-4/h8-9,11,13,17H,5-7,10H2,1-4H3. The number of hydrogen-bond acceptors (Lipinski definition) is 5. The van der Waals surface area contributed by atoms with Gasteiger partial charge in [-0.15, -0.1) is 0 Å². The van der Waals surface area contributed by atoms with Crippen LogP contribution in [-0.4, -0.2) is 48.1 Å². The van der Waals surface area contributed by atoms with Gasteiger partial charge in [0.2, 0.25) is 0 Å². The number of nitrogens with one attached hydrogen (secondary N) is 1. The summed E-state index contributed by atoms with van der Waals surface area (Å²) in [6.07, 6.45) is 1.15. The van der Waals surface area contributed by atoms with Crippen molar-refractivity contribution >= 4 is 0 Å². The average Bonchev–Trinajstić information content (AvgIpc) is 3.29. The molecule has 21 heavy (non-hydrogen) atoms. The van der Waals surface area contributed by atoms with E-state index in [1.165, 1.54) is 0 Å². The van der Waals surface area contributed by atoms with Crippen LogP contribution in [0.3, 0.4) is 0 Å². The summed E-state index contributed by atoms with van der Waals surface area (Å²) >= 11 is 0. The van der Waals surface area contributed by atoms with Gasteiger partial charge in [-0.05, 0) is 24.8 Å². The molecule has 1 N–H and O–H groups in total. The highest BCUT2D eigenvalue weighted by Crippen LogP contribution is 2.54. The first-order valence-corrected chi connectivity index (χ1v) is 7.24. The zero-order valence-corrected chi connectivity index (χ0v) is 13.3. The van der Waals surface area contributed by atoms with Gasteiger partial charge in [0.1, 0.15) is 17.2 Å². The molecule has 0 radical (unpaired) electrons. The summed E-state index contributed by atoms with van der Waals surface area (Å²) in [5, 5.41) is 3.41. The van der Waals surface area contributed by atoms with Gasteiger partial charge in [0.05, 0.1) is 27.9 Å². The van der Waals surface area contributed by atoms with Crippen LogP contribution >= 0.6 is 0 Å². The molecule has 0 bridgehead atoms. The Morgan fingerprint density at radius 2 is 1.71 bits per heavy atom. The zero-order valence-electron chi connectivity index (χ0n) is 13.3. The molecule has 0 amide bonds. The summed E-state index contributed by atoms with van der Waals surface area (Å²) in [7, 11) is 6.74. The molecule has 0 saturated heterocycles. The van der Waals surface area contributed by atoms with E-state index in [2.05, 4.69) is 5.32 Å². The van der Waals surface area contributed by atoms with E-state index in [9.17, 15) is 0 Å². The SMILES string of the molecule is COCCNCC1CC1c1c(OC)cc(OC)cc1OC. The highest BCUT2D eigenvalue weighted by atomic mass is 16.5. The fourth-order valence-corrected chi connectivity index (χ4v) is 2.69. The van der Waals surface area contributed by atoms with Crippen molar-refractivity contribution in [2.24, 2.45) is 5.92 Å². The second kappa shape index (κ2) is 7.52. The van der Waals surface area contributed by atoms with Gasteiger partial charge in [0, 0.05) is 31.4 Å². The lowest BCUT2D eigenvalue weighted by atomic mass is 10.1.